The smallest absolute Gasteiger partial charge is 0.373 e. The third-order valence-electron chi connectivity index (χ3n) is 3.96. The van der Waals surface area contributed by atoms with E-state index in [9.17, 15) is 10.1 Å². The second-order valence-electron chi connectivity index (χ2n) is 5.82. The molecule has 0 N–H and O–H groups in total. The SMILES string of the molecule is CCCCN(C)c1ncnc(Oc2cccc3cccnc23)c1[N+](=O)[O-]. The van der Waals surface area contributed by atoms with Gasteiger partial charge in [0.1, 0.15) is 11.8 Å². The number of nitro groups is 1. The number of hydrogen-bond acceptors (Lipinski definition) is 7. The molecule has 8 heteroatoms. The van der Waals surface area contributed by atoms with Gasteiger partial charge in [0.05, 0.1) is 4.92 Å². The Morgan fingerprint density at radius 2 is 2.00 bits per heavy atom. The minimum Gasteiger partial charge on any atom is -0.431 e. The van der Waals surface area contributed by atoms with Crippen molar-refractivity contribution in [1.29, 1.82) is 0 Å². The first-order valence-electron chi connectivity index (χ1n) is 8.34. The number of ether oxygens (including phenoxy) is 1. The number of anilines is 1. The maximum atomic E-state index is 11.7. The third-order valence-corrected chi connectivity index (χ3v) is 3.96. The molecule has 0 saturated heterocycles. The molecular formula is C18H19N5O3. The van der Waals surface area contributed by atoms with Crippen molar-refractivity contribution in [3.05, 3.63) is 53.0 Å². The van der Waals surface area contributed by atoms with Gasteiger partial charge in [-0.2, -0.15) is 4.98 Å². The molecule has 134 valence electrons. The number of fused-ring (bicyclic) bond motifs is 1. The van der Waals surface area contributed by atoms with Crippen molar-refractivity contribution in [2.45, 2.75) is 19.8 Å². The number of unbranched alkanes of at least 4 members (excludes halogenated alkanes) is 1. The van der Waals surface area contributed by atoms with E-state index in [0.717, 1.165) is 18.2 Å². The first-order chi connectivity index (χ1) is 12.6. The number of pyridine rings is 1. The topological polar surface area (TPSA) is 94.3 Å². The average Bonchev–Trinajstić information content (AvgIpc) is 2.66. The van der Waals surface area contributed by atoms with Crippen LogP contribution >= 0.6 is 0 Å². The molecule has 8 nitrogen and oxygen atoms in total. The van der Waals surface area contributed by atoms with Crippen molar-refractivity contribution < 1.29 is 9.66 Å². The molecule has 0 amide bonds. The van der Waals surface area contributed by atoms with E-state index in [2.05, 4.69) is 21.9 Å². The minimum atomic E-state index is -0.508. The molecule has 2 aromatic heterocycles. The lowest BCUT2D eigenvalue weighted by Gasteiger charge is -2.18. The molecule has 2 heterocycles. The van der Waals surface area contributed by atoms with Crippen molar-refractivity contribution >= 4 is 22.4 Å². The van der Waals surface area contributed by atoms with Gasteiger partial charge in [-0.25, -0.2) is 4.98 Å². The zero-order valence-electron chi connectivity index (χ0n) is 14.6. The zero-order chi connectivity index (χ0) is 18.5. The Labute approximate surface area is 150 Å². The number of aromatic nitrogens is 3. The Bertz CT molecular complexity index is 926. The fourth-order valence-corrected chi connectivity index (χ4v) is 2.63. The molecule has 1 aromatic carbocycles. The van der Waals surface area contributed by atoms with E-state index < -0.39 is 4.92 Å². The maximum Gasteiger partial charge on any atom is 0.373 e. The van der Waals surface area contributed by atoms with E-state index in [4.69, 9.17) is 4.74 Å². The summed E-state index contributed by atoms with van der Waals surface area (Å²) in [6.45, 7) is 2.72. The van der Waals surface area contributed by atoms with Crippen molar-refractivity contribution in [3.63, 3.8) is 0 Å². The van der Waals surface area contributed by atoms with Gasteiger partial charge in [-0.1, -0.05) is 31.5 Å². The average molecular weight is 353 g/mol. The summed E-state index contributed by atoms with van der Waals surface area (Å²) in [5, 5.41) is 12.6. The van der Waals surface area contributed by atoms with Crippen LogP contribution < -0.4 is 9.64 Å². The molecule has 0 aliphatic rings. The van der Waals surface area contributed by atoms with Crippen LogP contribution in [0.4, 0.5) is 11.5 Å². The Morgan fingerprint density at radius 1 is 1.19 bits per heavy atom. The van der Waals surface area contributed by atoms with Gasteiger partial charge in [0, 0.05) is 25.2 Å². The molecule has 0 unspecified atom stereocenters. The van der Waals surface area contributed by atoms with E-state index in [1.165, 1.54) is 6.33 Å². The van der Waals surface area contributed by atoms with Crippen molar-refractivity contribution in [2.75, 3.05) is 18.5 Å². The van der Waals surface area contributed by atoms with Crippen LogP contribution in [0.2, 0.25) is 0 Å². The predicted molar refractivity (Wildman–Crippen MR) is 98.7 cm³/mol. The minimum absolute atomic E-state index is 0.0958. The van der Waals surface area contributed by atoms with Crippen LogP contribution in [-0.2, 0) is 0 Å². The standard InChI is InChI=1S/C18H19N5O3/c1-3-4-11-22(2)17-16(23(24)25)18(21-12-20-17)26-14-9-5-7-13-8-6-10-19-15(13)14/h5-10,12H,3-4,11H2,1-2H3. The summed E-state index contributed by atoms with van der Waals surface area (Å²) in [4.78, 5) is 25.3. The number of hydrogen-bond donors (Lipinski definition) is 0. The second-order valence-corrected chi connectivity index (χ2v) is 5.82. The maximum absolute atomic E-state index is 11.7. The number of benzene rings is 1. The van der Waals surface area contributed by atoms with E-state index in [-0.39, 0.29) is 17.4 Å². The van der Waals surface area contributed by atoms with E-state index in [1.807, 2.05) is 18.2 Å². The number of para-hydroxylation sites is 1. The Hall–Kier alpha value is -3.29. The molecule has 0 aliphatic heterocycles. The highest BCUT2D eigenvalue weighted by Crippen LogP contribution is 2.37. The van der Waals surface area contributed by atoms with Crippen LogP contribution in [0.15, 0.2) is 42.9 Å². The van der Waals surface area contributed by atoms with E-state index in [1.54, 1.807) is 30.3 Å². The van der Waals surface area contributed by atoms with Gasteiger partial charge in [-0.3, -0.25) is 15.1 Å². The zero-order valence-corrected chi connectivity index (χ0v) is 14.6. The predicted octanol–water partition coefficient (Wildman–Crippen LogP) is 3.96. The first-order valence-corrected chi connectivity index (χ1v) is 8.34. The van der Waals surface area contributed by atoms with Crippen LogP contribution in [0.3, 0.4) is 0 Å². The molecule has 3 aromatic rings. The molecule has 0 atom stereocenters. The van der Waals surface area contributed by atoms with E-state index in [0.29, 0.717) is 17.8 Å². The fraction of sp³-hybridized carbons (Fsp3) is 0.278. The highest BCUT2D eigenvalue weighted by Gasteiger charge is 2.27. The Balaban J connectivity index is 2.03. The summed E-state index contributed by atoms with van der Waals surface area (Å²) in [5.41, 5.74) is 0.364. The summed E-state index contributed by atoms with van der Waals surface area (Å²) in [5.74, 6) is 0.551. The number of rotatable bonds is 7. The lowest BCUT2D eigenvalue weighted by atomic mass is 10.2. The Kier molecular flexibility index (Phi) is 5.21. The van der Waals surface area contributed by atoms with Gasteiger partial charge in [0.2, 0.25) is 5.82 Å². The second kappa shape index (κ2) is 7.73. The molecule has 26 heavy (non-hydrogen) atoms. The van der Waals surface area contributed by atoms with Crippen LogP contribution in [0.1, 0.15) is 19.8 Å². The molecule has 0 bridgehead atoms. The van der Waals surface area contributed by atoms with Gasteiger partial charge in [-0.15, -0.1) is 0 Å². The van der Waals surface area contributed by atoms with Crippen LogP contribution in [0.5, 0.6) is 11.6 Å². The molecular weight excluding hydrogens is 334 g/mol. The van der Waals surface area contributed by atoms with Gasteiger partial charge in [0.25, 0.3) is 0 Å². The molecule has 3 rings (SSSR count). The summed E-state index contributed by atoms with van der Waals surface area (Å²) < 4.78 is 5.80. The summed E-state index contributed by atoms with van der Waals surface area (Å²) in [6.07, 6.45) is 4.81. The van der Waals surface area contributed by atoms with Gasteiger partial charge in [0.15, 0.2) is 5.75 Å². The molecule has 0 aliphatic carbocycles. The van der Waals surface area contributed by atoms with Gasteiger partial charge < -0.3 is 9.64 Å². The highest BCUT2D eigenvalue weighted by molar-refractivity contribution is 5.84. The number of nitrogens with zero attached hydrogens (tertiary/aromatic N) is 5. The molecule has 0 saturated carbocycles. The van der Waals surface area contributed by atoms with Crippen LogP contribution in [0.25, 0.3) is 10.9 Å². The van der Waals surface area contributed by atoms with Gasteiger partial charge >= 0.3 is 11.6 Å². The summed E-state index contributed by atoms with van der Waals surface area (Å²) >= 11 is 0. The molecule has 0 fully saturated rings. The summed E-state index contributed by atoms with van der Waals surface area (Å²) in [6, 6.07) is 9.13. The quantitative estimate of drug-likeness (QED) is 0.468. The molecule has 0 radical (unpaired) electrons. The largest absolute Gasteiger partial charge is 0.431 e. The monoisotopic (exact) mass is 353 g/mol. The van der Waals surface area contributed by atoms with Crippen molar-refractivity contribution in [3.8, 4) is 11.6 Å². The fourth-order valence-electron chi connectivity index (χ4n) is 2.63. The first kappa shape index (κ1) is 17.5. The van der Waals surface area contributed by atoms with Crippen LogP contribution in [-0.4, -0.2) is 33.5 Å². The van der Waals surface area contributed by atoms with E-state index >= 15 is 0 Å². The summed E-state index contributed by atoms with van der Waals surface area (Å²) in [7, 11) is 1.77. The highest BCUT2D eigenvalue weighted by atomic mass is 16.6. The normalized spacial score (nSPS) is 10.7. The van der Waals surface area contributed by atoms with Crippen molar-refractivity contribution in [2.24, 2.45) is 0 Å². The lowest BCUT2D eigenvalue weighted by molar-refractivity contribution is -0.385. The Morgan fingerprint density at radius 3 is 2.77 bits per heavy atom. The van der Waals surface area contributed by atoms with Crippen LogP contribution in [0, 0.1) is 10.1 Å². The van der Waals surface area contributed by atoms with Gasteiger partial charge in [-0.05, 0) is 18.6 Å². The lowest BCUT2D eigenvalue weighted by Crippen LogP contribution is -2.21. The van der Waals surface area contributed by atoms with Crippen molar-refractivity contribution in [1.82, 2.24) is 15.0 Å². The third kappa shape index (κ3) is 3.53. The molecule has 0 spiro atoms.